The fourth-order valence-electron chi connectivity index (χ4n) is 2.93. The van der Waals surface area contributed by atoms with Gasteiger partial charge in [0.2, 0.25) is 0 Å². The third kappa shape index (κ3) is 4.85. The molecule has 3 aromatic rings. The van der Waals surface area contributed by atoms with Crippen LogP contribution in [0.15, 0.2) is 54.0 Å². The van der Waals surface area contributed by atoms with Crippen LogP contribution in [0.4, 0.5) is 4.39 Å². The SMILES string of the molecule is C=N/C(=C\N(N)Cc1c[nH]cc(CC)ccc(C)n1)c1ccc(F)c2[nH]ncc12. The van der Waals surface area contributed by atoms with E-state index in [-0.39, 0.29) is 5.82 Å². The van der Waals surface area contributed by atoms with Gasteiger partial charge in [0, 0.05) is 35.2 Å². The van der Waals surface area contributed by atoms with E-state index in [1.807, 2.05) is 31.5 Å². The maximum absolute atomic E-state index is 13.9. The fourth-order valence-corrected chi connectivity index (χ4v) is 2.93. The number of hydrogen-bond donors (Lipinski definition) is 3. The van der Waals surface area contributed by atoms with E-state index < -0.39 is 0 Å². The third-order valence-corrected chi connectivity index (χ3v) is 4.43. The van der Waals surface area contributed by atoms with Crippen LogP contribution in [0.1, 0.15) is 29.4 Å². The van der Waals surface area contributed by atoms with Gasteiger partial charge < -0.3 is 9.99 Å². The number of benzene rings is 1. The maximum atomic E-state index is 13.9. The highest BCUT2D eigenvalue weighted by Crippen LogP contribution is 2.26. The normalized spacial score (nSPS) is 11.4. The summed E-state index contributed by atoms with van der Waals surface area (Å²) in [5, 5.41) is 8.64. The van der Waals surface area contributed by atoms with Gasteiger partial charge in [-0.1, -0.05) is 13.0 Å². The Balaban J connectivity index is 1.92. The molecule has 4 N–H and O–H groups in total. The van der Waals surface area contributed by atoms with E-state index in [1.54, 1.807) is 18.5 Å². The molecule has 0 unspecified atom stereocenters. The Morgan fingerprint density at radius 3 is 2.90 bits per heavy atom. The molecular weight excluding hydrogens is 369 g/mol. The highest BCUT2D eigenvalue weighted by atomic mass is 19.1. The highest BCUT2D eigenvalue weighted by molar-refractivity contribution is 5.92. The van der Waals surface area contributed by atoms with Crippen LogP contribution in [0.25, 0.3) is 16.6 Å². The largest absolute Gasteiger partial charge is 0.366 e. The lowest BCUT2D eigenvalue weighted by Gasteiger charge is -2.14. The van der Waals surface area contributed by atoms with Gasteiger partial charge in [0.25, 0.3) is 0 Å². The Bertz CT molecular complexity index is 1100. The monoisotopic (exact) mass is 393 g/mol. The molecule has 0 aliphatic heterocycles. The van der Waals surface area contributed by atoms with Gasteiger partial charge in [0.15, 0.2) is 0 Å². The maximum Gasteiger partial charge on any atom is 0.148 e. The van der Waals surface area contributed by atoms with Gasteiger partial charge in [-0.05, 0) is 43.8 Å². The standard InChI is InChI=1S/C21H24FN7/c1-4-15-6-5-14(2)27-16(10-25-9-15)12-29(23)13-20(24-3)17-7-8-19(22)21-18(17)11-26-28-21/h5-11,13,25H,3-4,12,23H2,1-2H3,(H,26,28)/b6-5?,15-9?,16-10?,20-13-,27-14?. The lowest BCUT2D eigenvalue weighted by atomic mass is 10.1. The zero-order valence-corrected chi connectivity index (χ0v) is 16.5. The molecule has 0 spiro atoms. The molecule has 0 amide bonds. The summed E-state index contributed by atoms with van der Waals surface area (Å²) in [6.07, 6.45) is 7.86. The van der Waals surface area contributed by atoms with Crippen LogP contribution < -0.4 is 5.84 Å². The van der Waals surface area contributed by atoms with Gasteiger partial charge in [-0.2, -0.15) is 5.10 Å². The molecule has 150 valence electrons. The molecule has 0 radical (unpaired) electrons. The Morgan fingerprint density at radius 1 is 1.31 bits per heavy atom. The van der Waals surface area contributed by atoms with Crippen LogP contribution in [0.3, 0.4) is 0 Å². The van der Waals surface area contributed by atoms with Crippen LogP contribution in [-0.4, -0.2) is 31.9 Å². The number of aliphatic imine (C=N–C) groups is 1. The number of nitrogens with two attached hydrogens (primary N) is 1. The molecule has 2 aromatic heterocycles. The predicted octanol–water partition coefficient (Wildman–Crippen LogP) is 3.80. The number of nitrogens with one attached hydrogen (secondary N) is 2. The first-order valence-electron chi connectivity index (χ1n) is 9.21. The minimum Gasteiger partial charge on any atom is -0.366 e. The van der Waals surface area contributed by atoms with Crippen LogP contribution in [0.2, 0.25) is 0 Å². The quantitative estimate of drug-likeness (QED) is 0.337. The van der Waals surface area contributed by atoms with Crippen LogP contribution >= 0.6 is 0 Å². The minimum absolute atomic E-state index is 0.314. The number of fused-ring (bicyclic) bond motifs is 1. The molecule has 3 rings (SSSR count). The number of aromatic amines is 2. The highest BCUT2D eigenvalue weighted by Gasteiger charge is 2.11. The van der Waals surface area contributed by atoms with Crippen molar-refractivity contribution >= 4 is 23.3 Å². The van der Waals surface area contributed by atoms with Crippen molar-refractivity contribution in [3.05, 3.63) is 77.4 Å². The van der Waals surface area contributed by atoms with E-state index in [1.165, 1.54) is 16.6 Å². The van der Waals surface area contributed by atoms with Gasteiger partial charge in [-0.25, -0.2) is 10.2 Å². The van der Waals surface area contributed by atoms with Crippen molar-refractivity contribution in [2.24, 2.45) is 10.8 Å². The Hall–Kier alpha value is -3.52. The number of H-pyrrole nitrogens is 2. The van der Waals surface area contributed by atoms with Crippen molar-refractivity contribution in [3.8, 4) is 0 Å². The van der Waals surface area contributed by atoms with E-state index in [4.69, 9.17) is 5.84 Å². The average molecular weight is 393 g/mol. The number of aryl methyl sites for hydroxylation is 2. The summed E-state index contributed by atoms with van der Waals surface area (Å²) < 4.78 is 13.9. The zero-order valence-electron chi connectivity index (χ0n) is 16.5. The number of hydrogen-bond acceptors (Lipinski definition) is 5. The molecule has 0 bridgehead atoms. The second-order valence-corrected chi connectivity index (χ2v) is 6.56. The molecule has 1 aromatic carbocycles. The molecule has 0 fully saturated rings. The van der Waals surface area contributed by atoms with E-state index >= 15 is 0 Å². The second kappa shape index (κ2) is 9.11. The first-order valence-corrected chi connectivity index (χ1v) is 9.21. The van der Waals surface area contributed by atoms with Crippen molar-refractivity contribution in [1.29, 1.82) is 0 Å². The van der Waals surface area contributed by atoms with Crippen molar-refractivity contribution in [1.82, 2.24) is 25.2 Å². The summed E-state index contributed by atoms with van der Waals surface area (Å²) in [5.41, 5.74) is 4.28. The van der Waals surface area contributed by atoms with E-state index in [0.717, 1.165) is 17.8 Å². The Labute approximate surface area is 168 Å². The average Bonchev–Trinajstić information content (AvgIpc) is 3.21. The molecule has 7 nitrogen and oxygen atoms in total. The summed E-state index contributed by atoms with van der Waals surface area (Å²) in [4.78, 5) is 11.8. The second-order valence-electron chi connectivity index (χ2n) is 6.56. The summed E-state index contributed by atoms with van der Waals surface area (Å²) >= 11 is 0. The van der Waals surface area contributed by atoms with E-state index in [2.05, 4.69) is 38.8 Å². The first-order chi connectivity index (χ1) is 14.0. The van der Waals surface area contributed by atoms with Crippen molar-refractivity contribution in [2.75, 3.05) is 0 Å². The smallest absolute Gasteiger partial charge is 0.148 e. The van der Waals surface area contributed by atoms with E-state index in [0.29, 0.717) is 28.7 Å². The lowest BCUT2D eigenvalue weighted by Crippen LogP contribution is -2.25. The molecule has 8 heteroatoms. The molecule has 0 aliphatic carbocycles. The van der Waals surface area contributed by atoms with Gasteiger partial charge in [0.05, 0.1) is 24.1 Å². The molecular formula is C21H24FN7. The molecule has 0 aliphatic rings. The topological polar surface area (TPSA) is 99.0 Å². The van der Waals surface area contributed by atoms with Gasteiger partial charge in [-0.3, -0.25) is 15.1 Å². The van der Waals surface area contributed by atoms with Crippen LogP contribution in [0, 0.1) is 12.7 Å². The number of rotatable bonds is 6. The van der Waals surface area contributed by atoms with Crippen molar-refractivity contribution < 1.29 is 4.39 Å². The number of halogens is 1. The summed E-state index contributed by atoms with van der Waals surface area (Å²) in [5.74, 6) is 5.81. The van der Waals surface area contributed by atoms with Crippen molar-refractivity contribution in [3.63, 3.8) is 0 Å². The third-order valence-electron chi connectivity index (χ3n) is 4.43. The Morgan fingerprint density at radius 2 is 2.14 bits per heavy atom. The van der Waals surface area contributed by atoms with Crippen LogP contribution in [0.5, 0.6) is 0 Å². The van der Waals surface area contributed by atoms with Gasteiger partial charge in [0.1, 0.15) is 11.3 Å². The molecule has 0 saturated heterocycles. The summed E-state index contributed by atoms with van der Waals surface area (Å²) in [7, 11) is 0. The molecule has 2 heterocycles. The fraction of sp³-hybridized carbons (Fsp3) is 0.190. The number of hydrazine groups is 1. The van der Waals surface area contributed by atoms with Gasteiger partial charge >= 0.3 is 0 Å². The van der Waals surface area contributed by atoms with Crippen molar-refractivity contribution in [2.45, 2.75) is 26.8 Å². The first kappa shape index (κ1) is 20.2. The molecule has 29 heavy (non-hydrogen) atoms. The van der Waals surface area contributed by atoms with Gasteiger partial charge in [-0.15, -0.1) is 0 Å². The number of aromatic nitrogens is 4. The molecule has 0 atom stereocenters. The van der Waals surface area contributed by atoms with Crippen LogP contribution in [-0.2, 0) is 13.0 Å². The Kier molecular flexibility index (Phi) is 6.36. The molecule has 0 saturated carbocycles. The summed E-state index contributed by atoms with van der Waals surface area (Å²) in [6.45, 7) is 7.99. The minimum atomic E-state index is -0.381. The summed E-state index contributed by atoms with van der Waals surface area (Å²) in [6, 6.07) is 7.00. The number of nitrogens with zero attached hydrogens (tertiary/aromatic N) is 4. The predicted molar refractivity (Wildman–Crippen MR) is 114 cm³/mol. The van der Waals surface area contributed by atoms with E-state index in [9.17, 15) is 4.39 Å². The lowest BCUT2D eigenvalue weighted by molar-refractivity contribution is 0.382. The zero-order chi connectivity index (χ0) is 20.8.